The van der Waals surface area contributed by atoms with E-state index in [0.29, 0.717) is 36.0 Å². The van der Waals surface area contributed by atoms with Gasteiger partial charge in [-0.05, 0) is 87.5 Å². The monoisotopic (exact) mass is 474 g/mol. The number of aromatic nitrogens is 1. The van der Waals surface area contributed by atoms with Crippen molar-refractivity contribution in [3.8, 4) is 0 Å². The van der Waals surface area contributed by atoms with E-state index in [0.717, 1.165) is 74.8 Å². The summed E-state index contributed by atoms with van der Waals surface area (Å²) >= 11 is 0. The van der Waals surface area contributed by atoms with Crippen molar-refractivity contribution in [3.05, 3.63) is 35.0 Å². The van der Waals surface area contributed by atoms with Gasteiger partial charge in [0.15, 0.2) is 0 Å². The molecule has 7 nitrogen and oxygen atoms in total. The second-order valence-electron chi connectivity index (χ2n) is 9.82. The van der Waals surface area contributed by atoms with Gasteiger partial charge in [-0.2, -0.15) is 0 Å². The first kappa shape index (κ1) is 22.9. The smallest absolute Gasteiger partial charge is 0.253 e. The highest BCUT2D eigenvalue weighted by molar-refractivity contribution is 7.90. The first-order chi connectivity index (χ1) is 15.9. The molecule has 2 aliphatic heterocycles. The second kappa shape index (κ2) is 9.04. The molecule has 2 aromatic rings. The quantitative estimate of drug-likeness (QED) is 0.736. The minimum Gasteiger partial charge on any atom is -0.391 e. The Labute approximate surface area is 195 Å². The first-order valence-corrected chi connectivity index (χ1v) is 13.9. The molecule has 8 heteroatoms. The number of aliphatic hydroxyl groups is 1. The van der Waals surface area contributed by atoms with Gasteiger partial charge >= 0.3 is 0 Å². The Morgan fingerprint density at radius 1 is 1.15 bits per heavy atom. The van der Waals surface area contributed by atoms with Crippen LogP contribution >= 0.6 is 0 Å². The number of hydrogen-bond acceptors (Lipinski definition) is 5. The fourth-order valence-corrected chi connectivity index (χ4v) is 7.29. The maximum atomic E-state index is 13.2. The normalized spacial score (nSPS) is 24.7. The third-order valence-electron chi connectivity index (χ3n) is 7.86. The fourth-order valence-electron chi connectivity index (χ4n) is 6.04. The third kappa shape index (κ3) is 4.21. The minimum atomic E-state index is -3.46. The molecule has 0 radical (unpaired) electrons. The number of fused-ring (bicyclic) bond motifs is 3. The number of β-amino-alcohol motifs (C(OH)–C–C–N with tert-alkyl or cyclic N) is 1. The van der Waals surface area contributed by atoms with Crippen LogP contribution in [-0.4, -0.2) is 66.5 Å². The summed E-state index contributed by atoms with van der Waals surface area (Å²) in [6.07, 6.45) is 5.75. The fraction of sp³-hybridized carbons (Fsp3) is 0.640. The van der Waals surface area contributed by atoms with Crippen molar-refractivity contribution < 1.29 is 23.1 Å². The van der Waals surface area contributed by atoms with Crippen LogP contribution in [0.1, 0.15) is 60.6 Å². The van der Waals surface area contributed by atoms with E-state index in [9.17, 15) is 18.3 Å². The molecule has 1 aliphatic carbocycles. The lowest BCUT2D eigenvalue weighted by Gasteiger charge is -2.33. The van der Waals surface area contributed by atoms with Crippen LogP contribution < -0.4 is 0 Å². The molecular formula is C25H34N2O5S. The van der Waals surface area contributed by atoms with Crippen LogP contribution in [0.25, 0.3) is 10.9 Å². The molecule has 2 fully saturated rings. The zero-order valence-electron chi connectivity index (χ0n) is 19.3. The number of carbonyl (C=O) groups excluding carboxylic acids is 1. The average Bonchev–Trinajstić information content (AvgIpc) is 3.18. The molecule has 1 unspecified atom stereocenters. The van der Waals surface area contributed by atoms with Crippen molar-refractivity contribution in [1.29, 1.82) is 0 Å². The average molecular weight is 475 g/mol. The molecule has 180 valence electrons. The lowest BCUT2D eigenvalue weighted by atomic mass is 9.75. The summed E-state index contributed by atoms with van der Waals surface area (Å²) in [4.78, 5) is 14.9. The van der Waals surface area contributed by atoms with Gasteiger partial charge in [-0.15, -0.1) is 0 Å². The predicted octanol–water partition coefficient (Wildman–Crippen LogP) is 2.97. The summed E-state index contributed by atoms with van der Waals surface area (Å²) < 4.78 is 33.3. The minimum absolute atomic E-state index is 0.0406. The second-order valence-corrected chi connectivity index (χ2v) is 11.9. The van der Waals surface area contributed by atoms with Gasteiger partial charge in [-0.25, -0.2) is 12.4 Å². The number of hydrogen-bond donors (Lipinski definition) is 1. The van der Waals surface area contributed by atoms with Crippen LogP contribution in [0.4, 0.5) is 0 Å². The summed E-state index contributed by atoms with van der Waals surface area (Å²) in [5, 5.41) is 10.9. The van der Waals surface area contributed by atoms with Crippen molar-refractivity contribution >= 4 is 26.8 Å². The molecule has 0 spiro atoms. The Morgan fingerprint density at radius 3 is 2.67 bits per heavy atom. The Hall–Kier alpha value is -1.90. The zero-order valence-corrected chi connectivity index (χ0v) is 20.1. The number of carbonyl (C=O) groups is 1. The standard InChI is InChI=1S/C25H34N2O5S/c1-2-33(30,31)27-23-7-5-18(17-9-12-32-13-10-17)14-21(23)22-15-19(6-8-24(22)27)25(29)26-11-3-4-20(28)16-26/h6,8,15,17-18,20,28H,2-5,7,9-14,16H2,1H3/t18?,20-/m1/s1. The van der Waals surface area contributed by atoms with E-state index in [2.05, 4.69) is 0 Å². The number of aliphatic hydroxyl groups excluding tert-OH is 1. The number of amides is 1. The SMILES string of the molecule is CCS(=O)(=O)n1c2c(c3cc(C(=O)N4CCC[C@@H](O)C4)ccc31)CC(C1CCOCC1)CC2. The number of likely N-dealkylation sites (tertiary alicyclic amines) is 1. The van der Waals surface area contributed by atoms with E-state index in [1.807, 2.05) is 6.07 Å². The largest absolute Gasteiger partial charge is 0.391 e. The summed E-state index contributed by atoms with van der Waals surface area (Å²) in [5.74, 6) is 1.07. The lowest BCUT2D eigenvalue weighted by molar-refractivity contribution is 0.0439. The Bertz CT molecular complexity index is 1150. The number of nitrogens with zero attached hydrogens (tertiary/aromatic N) is 2. The van der Waals surface area contributed by atoms with E-state index >= 15 is 0 Å². The van der Waals surface area contributed by atoms with Gasteiger partial charge in [0.1, 0.15) is 0 Å². The van der Waals surface area contributed by atoms with Crippen molar-refractivity contribution in [2.24, 2.45) is 11.8 Å². The van der Waals surface area contributed by atoms with Crippen molar-refractivity contribution in [2.75, 3.05) is 32.1 Å². The molecule has 2 atom stereocenters. The lowest BCUT2D eigenvalue weighted by Crippen LogP contribution is -2.42. The van der Waals surface area contributed by atoms with Crippen molar-refractivity contribution in [1.82, 2.24) is 8.87 Å². The maximum Gasteiger partial charge on any atom is 0.253 e. The van der Waals surface area contributed by atoms with Crippen LogP contribution in [0.3, 0.4) is 0 Å². The number of piperidine rings is 1. The van der Waals surface area contributed by atoms with Crippen LogP contribution in [0.15, 0.2) is 18.2 Å². The van der Waals surface area contributed by atoms with Crippen LogP contribution in [0.2, 0.25) is 0 Å². The summed E-state index contributed by atoms with van der Waals surface area (Å²) in [7, 11) is -3.46. The molecule has 1 N–H and O–H groups in total. The summed E-state index contributed by atoms with van der Waals surface area (Å²) in [5.41, 5.74) is 3.24. The van der Waals surface area contributed by atoms with Gasteiger partial charge in [0.2, 0.25) is 10.0 Å². The van der Waals surface area contributed by atoms with E-state index < -0.39 is 16.1 Å². The van der Waals surface area contributed by atoms with Gasteiger partial charge in [-0.1, -0.05) is 0 Å². The summed E-state index contributed by atoms with van der Waals surface area (Å²) in [6.45, 7) is 4.29. The third-order valence-corrected chi connectivity index (χ3v) is 9.56. The van der Waals surface area contributed by atoms with Crippen molar-refractivity contribution in [3.63, 3.8) is 0 Å². The van der Waals surface area contributed by atoms with Gasteiger partial charge < -0.3 is 14.7 Å². The van der Waals surface area contributed by atoms with Crippen LogP contribution in [0.5, 0.6) is 0 Å². The van der Waals surface area contributed by atoms with Crippen LogP contribution in [-0.2, 0) is 27.6 Å². The Morgan fingerprint density at radius 2 is 1.94 bits per heavy atom. The maximum absolute atomic E-state index is 13.2. The molecule has 3 aliphatic rings. The Balaban J connectivity index is 1.56. The van der Waals surface area contributed by atoms with Gasteiger partial charge in [-0.3, -0.25) is 4.79 Å². The molecule has 33 heavy (non-hydrogen) atoms. The van der Waals surface area contributed by atoms with Gasteiger partial charge in [0.05, 0.1) is 17.4 Å². The van der Waals surface area contributed by atoms with E-state index in [-0.39, 0.29) is 11.7 Å². The highest BCUT2D eigenvalue weighted by atomic mass is 32.2. The highest BCUT2D eigenvalue weighted by Crippen LogP contribution is 2.40. The van der Waals surface area contributed by atoms with E-state index in [1.165, 1.54) is 0 Å². The molecule has 5 rings (SSSR count). The molecule has 1 aromatic heterocycles. The molecule has 1 aromatic carbocycles. The number of ether oxygens (including phenoxy) is 1. The molecule has 2 saturated heterocycles. The molecule has 0 bridgehead atoms. The predicted molar refractivity (Wildman–Crippen MR) is 127 cm³/mol. The Kier molecular flexibility index (Phi) is 6.27. The van der Waals surface area contributed by atoms with E-state index in [1.54, 1.807) is 27.9 Å². The van der Waals surface area contributed by atoms with Crippen molar-refractivity contribution in [2.45, 2.75) is 58.0 Å². The molecular weight excluding hydrogens is 440 g/mol. The highest BCUT2D eigenvalue weighted by Gasteiger charge is 2.34. The number of rotatable bonds is 4. The van der Waals surface area contributed by atoms with E-state index in [4.69, 9.17) is 4.74 Å². The number of benzene rings is 1. The van der Waals surface area contributed by atoms with Gasteiger partial charge in [0, 0.05) is 42.9 Å². The molecule has 1 amide bonds. The van der Waals surface area contributed by atoms with Gasteiger partial charge in [0.25, 0.3) is 5.91 Å². The first-order valence-electron chi connectivity index (χ1n) is 12.3. The topological polar surface area (TPSA) is 88.8 Å². The zero-order chi connectivity index (χ0) is 23.2. The molecule has 3 heterocycles. The molecule has 0 saturated carbocycles. The van der Waals surface area contributed by atoms with Crippen LogP contribution in [0, 0.1) is 11.8 Å². The summed E-state index contributed by atoms with van der Waals surface area (Å²) in [6, 6.07) is 5.44.